The van der Waals surface area contributed by atoms with Gasteiger partial charge in [0, 0.05) is 25.2 Å². The highest BCUT2D eigenvalue weighted by Gasteiger charge is 2.02. The summed E-state index contributed by atoms with van der Waals surface area (Å²) in [6.07, 6.45) is 7.21. The van der Waals surface area contributed by atoms with E-state index in [9.17, 15) is 0 Å². The Labute approximate surface area is 96.8 Å². The predicted molar refractivity (Wildman–Crippen MR) is 64.3 cm³/mol. The molecule has 1 heterocycles. The molecule has 0 spiro atoms. The molecule has 3 nitrogen and oxygen atoms in total. The molecule has 4 heteroatoms. The van der Waals surface area contributed by atoms with E-state index in [0.29, 0.717) is 0 Å². The van der Waals surface area contributed by atoms with Gasteiger partial charge in [0.2, 0.25) is 0 Å². The molecule has 0 bridgehead atoms. The second kappa shape index (κ2) is 6.85. The van der Waals surface area contributed by atoms with Crippen LogP contribution in [-0.4, -0.2) is 28.2 Å². The van der Waals surface area contributed by atoms with Gasteiger partial charge in [-0.1, -0.05) is 13.3 Å². The number of rotatable bonds is 7. The van der Waals surface area contributed by atoms with Crippen LogP contribution >= 0.6 is 11.6 Å². The topological polar surface area (TPSA) is 29.9 Å². The molecule has 0 radical (unpaired) electrons. The molecule has 15 heavy (non-hydrogen) atoms. The van der Waals surface area contributed by atoms with E-state index < -0.39 is 0 Å². The van der Waals surface area contributed by atoms with Crippen LogP contribution in [0.1, 0.15) is 25.3 Å². The second-order valence-electron chi connectivity index (χ2n) is 3.86. The molecule has 1 aromatic rings. The second-order valence-corrected chi connectivity index (χ2v) is 4.48. The van der Waals surface area contributed by atoms with Gasteiger partial charge >= 0.3 is 0 Å². The van der Waals surface area contributed by atoms with Crippen molar-refractivity contribution in [3.05, 3.63) is 18.0 Å². The van der Waals surface area contributed by atoms with Crippen LogP contribution in [0.2, 0.25) is 0 Å². The zero-order valence-electron chi connectivity index (χ0n) is 9.54. The first kappa shape index (κ1) is 12.5. The summed E-state index contributed by atoms with van der Waals surface area (Å²) in [4.78, 5) is 0. The van der Waals surface area contributed by atoms with Crippen LogP contribution in [0, 0.1) is 0 Å². The summed E-state index contributed by atoms with van der Waals surface area (Å²) in [6, 6.07) is 0. The Balaban J connectivity index is 2.06. The van der Waals surface area contributed by atoms with E-state index in [1.165, 1.54) is 5.56 Å². The van der Waals surface area contributed by atoms with Gasteiger partial charge in [0.05, 0.1) is 6.20 Å². The van der Waals surface area contributed by atoms with Crippen molar-refractivity contribution in [1.82, 2.24) is 15.1 Å². The van der Waals surface area contributed by atoms with Crippen LogP contribution in [0.3, 0.4) is 0 Å². The van der Waals surface area contributed by atoms with Crippen molar-refractivity contribution in [3.8, 4) is 0 Å². The summed E-state index contributed by atoms with van der Waals surface area (Å²) in [5, 5.41) is 7.75. The Morgan fingerprint density at radius 2 is 2.40 bits per heavy atom. The summed E-state index contributed by atoms with van der Waals surface area (Å²) in [5.41, 5.74) is 1.27. The Hall–Kier alpha value is -0.540. The van der Waals surface area contributed by atoms with Crippen LogP contribution in [0.15, 0.2) is 12.4 Å². The lowest BCUT2D eigenvalue weighted by Gasteiger charge is -2.08. The van der Waals surface area contributed by atoms with Crippen LogP contribution in [0.5, 0.6) is 0 Å². The smallest absolute Gasteiger partial charge is 0.0522 e. The molecule has 86 valence electrons. The summed E-state index contributed by atoms with van der Waals surface area (Å²) < 4.78 is 1.83. The standard InChI is InChI=1S/C11H20ClN3/c1-3-4-11(12)8-13-6-5-10-7-14-15(2)9-10/h7,9,11,13H,3-6,8H2,1-2H3. The number of hydrogen-bond donors (Lipinski definition) is 1. The van der Waals surface area contributed by atoms with Crippen molar-refractivity contribution in [3.63, 3.8) is 0 Å². The average Bonchev–Trinajstić information content (AvgIpc) is 2.60. The number of aromatic nitrogens is 2. The maximum atomic E-state index is 6.09. The van der Waals surface area contributed by atoms with E-state index >= 15 is 0 Å². The predicted octanol–water partition coefficient (Wildman–Crippen LogP) is 1.96. The quantitative estimate of drug-likeness (QED) is 0.572. The van der Waals surface area contributed by atoms with Gasteiger partial charge in [0.15, 0.2) is 0 Å². The van der Waals surface area contributed by atoms with Crippen molar-refractivity contribution >= 4 is 11.6 Å². The number of nitrogens with zero attached hydrogens (tertiary/aromatic N) is 2. The number of aryl methyl sites for hydroxylation is 1. The van der Waals surface area contributed by atoms with E-state index in [2.05, 4.69) is 17.3 Å². The largest absolute Gasteiger partial charge is 0.315 e. The minimum Gasteiger partial charge on any atom is -0.315 e. The molecule has 0 aliphatic rings. The normalized spacial score (nSPS) is 13.0. The average molecular weight is 230 g/mol. The SMILES string of the molecule is CCCC(Cl)CNCCc1cnn(C)c1. The van der Waals surface area contributed by atoms with E-state index in [4.69, 9.17) is 11.6 Å². The van der Waals surface area contributed by atoms with Crippen molar-refractivity contribution in [2.24, 2.45) is 7.05 Å². The van der Waals surface area contributed by atoms with Gasteiger partial charge in [-0.25, -0.2) is 0 Å². The molecule has 0 saturated heterocycles. The van der Waals surface area contributed by atoms with Gasteiger partial charge in [-0.3, -0.25) is 4.68 Å². The Morgan fingerprint density at radius 1 is 1.60 bits per heavy atom. The molecule has 1 rings (SSSR count). The molecule has 1 atom stereocenters. The van der Waals surface area contributed by atoms with Crippen molar-refractivity contribution in [2.45, 2.75) is 31.6 Å². The van der Waals surface area contributed by atoms with Gasteiger partial charge in [-0.15, -0.1) is 11.6 Å². The fourth-order valence-electron chi connectivity index (χ4n) is 1.51. The van der Waals surface area contributed by atoms with Gasteiger partial charge in [-0.05, 0) is 24.9 Å². The van der Waals surface area contributed by atoms with Crippen molar-refractivity contribution in [2.75, 3.05) is 13.1 Å². The van der Waals surface area contributed by atoms with Crippen LogP contribution in [0.25, 0.3) is 0 Å². The lowest BCUT2D eigenvalue weighted by Crippen LogP contribution is -2.25. The molecule has 1 aromatic heterocycles. The molecule has 0 aliphatic carbocycles. The monoisotopic (exact) mass is 229 g/mol. The van der Waals surface area contributed by atoms with Crippen LogP contribution in [-0.2, 0) is 13.5 Å². The number of alkyl halides is 1. The van der Waals surface area contributed by atoms with E-state index in [-0.39, 0.29) is 5.38 Å². The zero-order chi connectivity index (χ0) is 11.1. The van der Waals surface area contributed by atoms with Gasteiger partial charge < -0.3 is 5.32 Å². The minimum atomic E-state index is 0.267. The fourth-order valence-corrected chi connectivity index (χ4v) is 1.84. The first-order chi connectivity index (χ1) is 7.22. The van der Waals surface area contributed by atoms with Crippen molar-refractivity contribution < 1.29 is 0 Å². The molecule has 0 saturated carbocycles. The lowest BCUT2D eigenvalue weighted by molar-refractivity contribution is 0.623. The van der Waals surface area contributed by atoms with E-state index in [0.717, 1.165) is 32.4 Å². The number of hydrogen-bond acceptors (Lipinski definition) is 2. The Kier molecular flexibility index (Phi) is 5.73. The van der Waals surface area contributed by atoms with Gasteiger partial charge in [0.1, 0.15) is 0 Å². The first-order valence-corrected chi connectivity index (χ1v) is 5.98. The Morgan fingerprint density at radius 3 is 3.00 bits per heavy atom. The van der Waals surface area contributed by atoms with Crippen molar-refractivity contribution in [1.29, 1.82) is 0 Å². The first-order valence-electron chi connectivity index (χ1n) is 5.54. The zero-order valence-corrected chi connectivity index (χ0v) is 10.3. The summed E-state index contributed by atoms with van der Waals surface area (Å²) in [7, 11) is 1.94. The van der Waals surface area contributed by atoms with E-state index in [1.807, 2.05) is 24.1 Å². The maximum absolute atomic E-state index is 6.09. The Bertz CT molecular complexity index is 273. The molecule has 1 unspecified atom stereocenters. The summed E-state index contributed by atoms with van der Waals surface area (Å²) in [5.74, 6) is 0. The van der Waals surface area contributed by atoms with Crippen LogP contribution < -0.4 is 5.32 Å². The van der Waals surface area contributed by atoms with E-state index in [1.54, 1.807) is 0 Å². The highest BCUT2D eigenvalue weighted by atomic mass is 35.5. The maximum Gasteiger partial charge on any atom is 0.0522 e. The minimum absolute atomic E-state index is 0.267. The number of halogens is 1. The third-order valence-electron chi connectivity index (χ3n) is 2.32. The molecule has 0 fully saturated rings. The molecule has 0 aliphatic heterocycles. The van der Waals surface area contributed by atoms with Gasteiger partial charge in [0.25, 0.3) is 0 Å². The third kappa shape index (κ3) is 5.19. The molecular weight excluding hydrogens is 210 g/mol. The van der Waals surface area contributed by atoms with Crippen LogP contribution in [0.4, 0.5) is 0 Å². The van der Waals surface area contributed by atoms with Gasteiger partial charge in [-0.2, -0.15) is 5.10 Å². The number of nitrogens with one attached hydrogen (secondary N) is 1. The summed E-state index contributed by atoms with van der Waals surface area (Å²) in [6.45, 7) is 4.03. The molecule has 1 N–H and O–H groups in total. The molecular formula is C11H20ClN3. The fraction of sp³-hybridized carbons (Fsp3) is 0.727. The lowest BCUT2D eigenvalue weighted by atomic mass is 10.2. The third-order valence-corrected chi connectivity index (χ3v) is 2.69. The molecule has 0 amide bonds. The molecule has 0 aromatic carbocycles. The summed E-state index contributed by atoms with van der Waals surface area (Å²) >= 11 is 6.09. The highest BCUT2D eigenvalue weighted by Crippen LogP contribution is 2.03. The highest BCUT2D eigenvalue weighted by molar-refractivity contribution is 6.20.